The first kappa shape index (κ1) is 11.5. The highest BCUT2D eigenvalue weighted by molar-refractivity contribution is 6.30. The summed E-state index contributed by atoms with van der Waals surface area (Å²) in [7, 11) is 0. The van der Waals surface area contributed by atoms with Gasteiger partial charge < -0.3 is 0 Å². The summed E-state index contributed by atoms with van der Waals surface area (Å²) in [5.74, 6) is 0.645. The largest absolute Gasteiger partial charge is 0.281 e. The second kappa shape index (κ2) is 6.05. The van der Waals surface area contributed by atoms with Gasteiger partial charge in [0.25, 0.3) is 0 Å². The van der Waals surface area contributed by atoms with E-state index in [4.69, 9.17) is 16.9 Å². The fourth-order valence-corrected chi connectivity index (χ4v) is 1.25. The molecule has 0 aliphatic rings. The van der Waals surface area contributed by atoms with Gasteiger partial charge in [-0.25, -0.2) is 0 Å². The van der Waals surface area contributed by atoms with Gasteiger partial charge in [-0.1, -0.05) is 23.7 Å². The fourth-order valence-electron chi connectivity index (χ4n) is 1.12. The lowest BCUT2D eigenvalue weighted by Crippen LogP contribution is -2.13. The predicted octanol–water partition coefficient (Wildman–Crippen LogP) is 2.37. The number of benzene rings is 1. The Morgan fingerprint density at radius 1 is 1.47 bits per heavy atom. The average Bonchev–Trinajstić information content (AvgIpc) is 2.21. The van der Waals surface area contributed by atoms with Crippen LogP contribution < -0.4 is 5.32 Å². The molecule has 15 heavy (non-hydrogen) atoms. The van der Waals surface area contributed by atoms with Crippen molar-refractivity contribution in [1.82, 2.24) is 5.32 Å². The lowest BCUT2D eigenvalue weighted by molar-refractivity contribution is 0.956. The molecular formula is C11H12ClN3. The van der Waals surface area contributed by atoms with Crippen LogP contribution in [0.4, 0.5) is 0 Å². The Hall–Kier alpha value is -1.53. The molecule has 0 bridgehead atoms. The topological polar surface area (TPSA) is 48.2 Å². The summed E-state index contributed by atoms with van der Waals surface area (Å²) in [6.45, 7) is 2.44. The Morgan fingerprint density at radius 3 is 2.73 bits per heavy atom. The molecule has 0 saturated heterocycles. The number of halogens is 1. The summed E-state index contributed by atoms with van der Waals surface area (Å²) < 4.78 is 0. The third kappa shape index (κ3) is 4.48. The van der Waals surface area contributed by atoms with E-state index in [0.717, 1.165) is 11.4 Å². The van der Waals surface area contributed by atoms with Gasteiger partial charge in [0.2, 0.25) is 0 Å². The van der Waals surface area contributed by atoms with Crippen molar-refractivity contribution >= 4 is 17.4 Å². The molecule has 0 saturated carbocycles. The van der Waals surface area contributed by atoms with Crippen molar-refractivity contribution in [2.24, 2.45) is 4.99 Å². The van der Waals surface area contributed by atoms with E-state index in [1.807, 2.05) is 30.5 Å². The molecule has 1 N–H and O–H groups in total. The van der Waals surface area contributed by atoms with Crippen LogP contribution in [0.2, 0.25) is 5.02 Å². The van der Waals surface area contributed by atoms with Crippen molar-refractivity contribution in [2.75, 3.05) is 6.54 Å². The van der Waals surface area contributed by atoms with E-state index in [1.54, 1.807) is 6.92 Å². The number of amidine groups is 1. The number of hydrogen-bond donors (Lipinski definition) is 1. The van der Waals surface area contributed by atoms with Crippen LogP contribution in [0.5, 0.6) is 0 Å². The number of nitriles is 1. The Bertz CT molecular complexity index is 376. The molecule has 0 radical (unpaired) electrons. The van der Waals surface area contributed by atoms with Crippen LogP contribution in [0.15, 0.2) is 29.3 Å². The van der Waals surface area contributed by atoms with Crippen LogP contribution in [0.25, 0.3) is 0 Å². The first-order chi connectivity index (χ1) is 7.22. The van der Waals surface area contributed by atoms with Gasteiger partial charge in [-0.05, 0) is 31.0 Å². The zero-order chi connectivity index (χ0) is 11.1. The van der Waals surface area contributed by atoms with Crippen LogP contribution in [0, 0.1) is 11.5 Å². The summed E-state index contributed by atoms with van der Waals surface area (Å²) >= 11 is 5.76. The molecule has 0 heterocycles. The molecule has 0 aromatic heterocycles. The lowest BCUT2D eigenvalue weighted by atomic mass is 10.1. The molecule has 1 rings (SSSR count). The number of aliphatic imine (C=N–C) groups is 1. The Kier molecular flexibility index (Phi) is 4.65. The minimum atomic E-state index is 0.645. The van der Waals surface area contributed by atoms with Crippen LogP contribution in [0.3, 0.4) is 0 Å². The molecule has 1 aromatic rings. The van der Waals surface area contributed by atoms with Gasteiger partial charge in [0.05, 0.1) is 0 Å². The molecule has 4 heteroatoms. The molecule has 0 atom stereocenters. The standard InChI is InChI=1S/C11H12ClN3/c1-9(15-8-13)14-7-6-10-2-4-11(12)5-3-10/h2-5H,6-7H2,1H3,(H,14,15). The number of nitrogens with one attached hydrogen (secondary N) is 1. The van der Waals surface area contributed by atoms with E-state index >= 15 is 0 Å². The summed E-state index contributed by atoms with van der Waals surface area (Å²) in [6, 6.07) is 7.68. The molecule has 78 valence electrons. The normalized spacial score (nSPS) is 10.9. The van der Waals surface area contributed by atoms with Crippen LogP contribution >= 0.6 is 11.6 Å². The van der Waals surface area contributed by atoms with Crippen LogP contribution in [0.1, 0.15) is 12.5 Å². The molecule has 0 fully saturated rings. The fraction of sp³-hybridized carbons (Fsp3) is 0.273. The number of rotatable bonds is 3. The summed E-state index contributed by atoms with van der Waals surface area (Å²) in [4.78, 5) is 4.18. The van der Waals surface area contributed by atoms with E-state index in [-0.39, 0.29) is 0 Å². The van der Waals surface area contributed by atoms with Crippen molar-refractivity contribution in [3.63, 3.8) is 0 Å². The van der Waals surface area contributed by atoms with Gasteiger partial charge >= 0.3 is 0 Å². The van der Waals surface area contributed by atoms with Gasteiger partial charge in [-0.2, -0.15) is 5.26 Å². The zero-order valence-corrected chi connectivity index (χ0v) is 9.25. The minimum Gasteiger partial charge on any atom is -0.281 e. The van der Waals surface area contributed by atoms with Gasteiger partial charge in [0, 0.05) is 11.6 Å². The summed E-state index contributed by atoms with van der Waals surface area (Å²) in [5, 5.41) is 11.5. The van der Waals surface area contributed by atoms with Gasteiger partial charge in [0.1, 0.15) is 5.84 Å². The van der Waals surface area contributed by atoms with Crippen molar-refractivity contribution in [2.45, 2.75) is 13.3 Å². The zero-order valence-electron chi connectivity index (χ0n) is 8.50. The molecular weight excluding hydrogens is 210 g/mol. The van der Waals surface area contributed by atoms with Crippen molar-refractivity contribution < 1.29 is 0 Å². The Morgan fingerprint density at radius 2 is 2.13 bits per heavy atom. The highest BCUT2D eigenvalue weighted by Gasteiger charge is 1.93. The molecule has 3 nitrogen and oxygen atoms in total. The maximum absolute atomic E-state index is 8.33. The lowest BCUT2D eigenvalue weighted by Gasteiger charge is -1.99. The van der Waals surface area contributed by atoms with Gasteiger partial charge in [-0.3, -0.25) is 10.3 Å². The number of hydrogen-bond acceptors (Lipinski definition) is 2. The third-order valence-corrected chi connectivity index (χ3v) is 2.15. The molecule has 0 spiro atoms. The smallest absolute Gasteiger partial charge is 0.182 e. The van der Waals surface area contributed by atoms with Crippen molar-refractivity contribution in [3.8, 4) is 6.19 Å². The summed E-state index contributed by atoms with van der Waals surface area (Å²) in [6.07, 6.45) is 2.67. The van der Waals surface area contributed by atoms with Gasteiger partial charge in [-0.15, -0.1) is 0 Å². The van der Waals surface area contributed by atoms with E-state index < -0.39 is 0 Å². The molecule has 0 aliphatic heterocycles. The van der Waals surface area contributed by atoms with Crippen LogP contribution in [-0.2, 0) is 6.42 Å². The van der Waals surface area contributed by atoms with Crippen molar-refractivity contribution in [3.05, 3.63) is 34.9 Å². The Labute approximate surface area is 94.4 Å². The monoisotopic (exact) mass is 221 g/mol. The SMILES string of the molecule is CC(=NCCc1ccc(Cl)cc1)NC#N. The van der Waals surface area contributed by atoms with E-state index in [0.29, 0.717) is 12.4 Å². The number of nitrogens with zero attached hydrogens (tertiary/aromatic N) is 2. The Balaban J connectivity index is 2.41. The predicted molar refractivity (Wildman–Crippen MR) is 61.9 cm³/mol. The maximum Gasteiger partial charge on any atom is 0.182 e. The quantitative estimate of drug-likeness (QED) is 0.369. The minimum absolute atomic E-state index is 0.645. The molecule has 0 aliphatic carbocycles. The second-order valence-corrected chi connectivity index (χ2v) is 3.52. The van der Waals surface area contributed by atoms with E-state index in [2.05, 4.69) is 10.3 Å². The summed E-state index contributed by atoms with van der Waals surface area (Å²) in [5.41, 5.74) is 1.19. The first-order valence-electron chi connectivity index (χ1n) is 4.63. The first-order valence-corrected chi connectivity index (χ1v) is 5.01. The van der Waals surface area contributed by atoms with Crippen molar-refractivity contribution in [1.29, 1.82) is 5.26 Å². The molecule has 1 aromatic carbocycles. The van der Waals surface area contributed by atoms with E-state index in [1.165, 1.54) is 5.56 Å². The molecule has 0 unspecified atom stereocenters. The maximum atomic E-state index is 8.33. The van der Waals surface area contributed by atoms with Crippen LogP contribution in [-0.4, -0.2) is 12.4 Å². The average molecular weight is 222 g/mol. The second-order valence-electron chi connectivity index (χ2n) is 3.08. The third-order valence-electron chi connectivity index (χ3n) is 1.90. The highest BCUT2D eigenvalue weighted by atomic mass is 35.5. The molecule has 0 amide bonds. The highest BCUT2D eigenvalue weighted by Crippen LogP contribution is 2.09. The van der Waals surface area contributed by atoms with E-state index in [9.17, 15) is 0 Å². The van der Waals surface area contributed by atoms with Gasteiger partial charge in [0.15, 0.2) is 6.19 Å².